The average Bonchev–Trinajstić information content (AvgIpc) is 2.49. The van der Waals surface area contributed by atoms with Crippen LogP contribution in [-0.2, 0) is 4.79 Å². The fourth-order valence-corrected chi connectivity index (χ4v) is 2.01. The van der Waals surface area contributed by atoms with E-state index < -0.39 is 10.8 Å². The molecule has 0 aliphatic carbocycles. The number of carbonyl (C=O) groups excluding carboxylic acids is 2. The first-order chi connectivity index (χ1) is 9.99. The standard InChI is InChI=1S/C13H17N3O4S/c1-3-6-14-12(17)8-15-13(18)10-7-9(21-2)4-5-11(10)16(19)20/h4-5,7H,3,6,8H2,1-2H3,(H,14,17)(H,15,18). The van der Waals surface area contributed by atoms with E-state index in [2.05, 4.69) is 10.6 Å². The maximum atomic E-state index is 12.0. The highest BCUT2D eigenvalue weighted by Gasteiger charge is 2.20. The van der Waals surface area contributed by atoms with Crippen molar-refractivity contribution in [2.45, 2.75) is 18.2 Å². The maximum absolute atomic E-state index is 12.0. The van der Waals surface area contributed by atoms with Gasteiger partial charge in [0.15, 0.2) is 0 Å². The number of nitro groups is 1. The van der Waals surface area contributed by atoms with Gasteiger partial charge in [-0.15, -0.1) is 11.8 Å². The normalized spacial score (nSPS) is 10.0. The third-order valence-electron chi connectivity index (χ3n) is 2.63. The summed E-state index contributed by atoms with van der Waals surface area (Å²) in [5.74, 6) is -0.960. The van der Waals surface area contributed by atoms with Crippen molar-refractivity contribution in [2.75, 3.05) is 19.3 Å². The van der Waals surface area contributed by atoms with Gasteiger partial charge in [-0.1, -0.05) is 6.92 Å². The molecule has 7 nitrogen and oxygen atoms in total. The summed E-state index contributed by atoms with van der Waals surface area (Å²) in [5.41, 5.74) is -0.325. The quantitative estimate of drug-likeness (QED) is 0.452. The molecule has 0 spiro atoms. The maximum Gasteiger partial charge on any atom is 0.282 e. The lowest BCUT2D eigenvalue weighted by Crippen LogP contribution is -2.37. The largest absolute Gasteiger partial charge is 0.355 e. The van der Waals surface area contributed by atoms with E-state index in [-0.39, 0.29) is 23.7 Å². The Labute approximate surface area is 126 Å². The van der Waals surface area contributed by atoms with E-state index in [1.165, 1.54) is 23.9 Å². The van der Waals surface area contributed by atoms with Gasteiger partial charge in [0.1, 0.15) is 5.56 Å². The molecule has 1 rings (SSSR count). The van der Waals surface area contributed by atoms with Crippen LogP contribution in [0.1, 0.15) is 23.7 Å². The van der Waals surface area contributed by atoms with Gasteiger partial charge >= 0.3 is 0 Å². The van der Waals surface area contributed by atoms with Gasteiger partial charge in [-0.05, 0) is 24.8 Å². The number of benzene rings is 1. The van der Waals surface area contributed by atoms with Crippen LogP contribution in [0.5, 0.6) is 0 Å². The zero-order valence-electron chi connectivity index (χ0n) is 11.8. The van der Waals surface area contributed by atoms with Crippen molar-refractivity contribution >= 4 is 29.3 Å². The molecule has 0 saturated heterocycles. The van der Waals surface area contributed by atoms with Crippen molar-refractivity contribution in [1.29, 1.82) is 0 Å². The number of rotatable bonds is 7. The smallest absolute Gasteiger partial charge is 0.282 e. The van der Waals surface area contributed by atoms with Crippen LogP contribution in [0.25, 0.3) is 0 Å². The zero-order chi connectivity index (χ0) is 15.8. The van der Waals surface area contributed by atoms with E-state index in [9.17, 15) is 19.7 Å². The van der Waals surface area contributed by atoms with Gasteiger partial charge in [0.25, 0.3) is 11.6 Å². The van der Waals surface area contributed by atoms with Crippen molar-refractivity contribution in [3.05, 3.63) is 33.9 Å². The van der Waals surface area contributed by atoms with Crippen LogP contribution in [0.15, 0.2) is 23.1 Å². The second-order valence-electron chi connectivity index (χ2n) is 4.17. The molecule has 1 aromatic carbocycles. The molecule has 0 aliphatic heterocycles. The molecule has 0 heterocycles. The summed E-state index contributed by atoms with van der Waals surface area (Å²) >= 11 is 1.37. The molecule has 0 atom stereocenters. The topological polar surface area (TPSA) is 101 Å². The first-order valence-corrected chi connectivity index (χ1v) is 7.59. The van der Waals surface area contributed by atoms with Gasteiger partial charge in [0.05, 0.1) is 11.5 Å². The summed E-state index contributed by atoms with van der Waals surface area (Å²) < 4.78 is 0. The van der Waals surface area contributed by atoms with Crippen LogP contribution >= 0.6 is 11.8 Å². The van der Waals surface area contributed by atoms with E-state index >= 15 is 0 Å². The average molecular weight is 311 g/mol. The number of carbonyl (C=O) groups is 2. The van der Waals surface area contributed by atoms with E-state index in [0.29, 0.717) is 6.54 Å². The molecule has 114 valence electrons. The minimum atomic E-state index is -0.635. The summed E-state index contributed by atoms with van der Waals surface area (Å²) in [5, 5.41) is 15.9. The lowest BCUT2D eigenvalue weighted by atomic mass is 10.1. The fourth-order valence-electron chi connectivity index (χ4n) is 1.57. The zero-order valence-corrected chi connectivity index (χ0v) is 12.7. The predicted molar refractivity (Wildman–Crippen MR) is 80.5 cm³/mol. The summed E-state index contributed by atoms with van der Waals surface area (Å²) in [4.78, 5) is 34.5. The Morgan fingerprint density at radius 3 is 2.62 bits per heavy atom. The monoisotopic (exact) mass is 311 g/mol. The molecule has 2 N–H and O–H groups in total. The highest BCUT2D eigenvalue weighted by molar-refractivity contribution is 7.98. The van der Waals surface area contributed by atoms with E-state index in [1.807, 2.05) is 6.92 Å². The molecule has 0 radical (unpaired) electrons. The molecular weight excluding hydrogens is 294 g/mol. The van der Waals surface area contributed by atoms with E-state index in [1.54, 1.807) is 12.3 Å². The highest BCUT2D eigenvalue weighted by atomic mass is 32.2. The first kappa shape index (κ1) is 17.0. The van der Waals surface area contributed by atoms with Crippen molar-refractivity contribution < 1.29 is 14.5 Å². The molecule has 0 aliphatic rings. The number of nitrogens with zero attached hydrogens (tertiary/aromatic N) is 1. The Bertz CT molecular complexity index is 548. The summed E-state index contributed by atoms with van der Waals surface area (Å²) in [6, 6.07) is 4.31. The van der Waals surface area contributed by atoms with Gasteiger partial charge in [-0.2, -0.15) is 0 Å². The fraction of sp³-hybridized carbons (Fsp3) is 0.385. The van der Waals surface area contributed by atoms with Gasteiger partial charge < -0.3 is 10.6 Å². The second-order valence-corrected chi connectivity index (χ2v) is 5.05. The third-order valence-corrected chi connectivity index (χ3v) is 3.35. The van der Waals surface area contributed by atoms with Gasteiger partial charge in [0, 0.05) is 17.5 Å². The van der Waals surface area contributed by atoms with Gasteiger partial charge in [0.2, 0.25) is 5.91 Å². The highest BCUT2D eigenvalue weighted by Crippen LogP contribution is 2.24. The van der Waals surface area contributed by atoms with Crippen LogP contribution in [-0.4, -0.2) is 36.1 Å². The van der Waals surface area contributed by atoms with Crippen molar-refractivity contribution in [2.24, 2.45) is 0 Å². The van der Waals surface area contributed by atoms with E-state index in [0.717, 1.165) is 11.3 Å². The van der Waals surface area contributed by atoms with Gasteiger partial charge in [-0.25, -0.2) is 0 Å². The minimum absolute atomic E-state index is 0.0462. The molecule has 0 saturated carbocycles. The SMILES string of the molecule is CCCNC(=O)CNC(=O)c1cc(SC)ccc1[N+](=O)[O-]. The van der Waals surface area contributed by atoms with Crippen molar-refractivity contribution in [3.63, 3.8) is 0 Å². The molecule has 2 amide bonds. The molecule has 21 heavy (non-hydrogen) atoms. The lowest BCUT2D eigenvalue weighted by Gasteiger charge is -2.07. The third kappa shape index (κ3) is 5.07. The Morgan fingerprint density at radius 2 is 2.05 bits per heavy atom. The molecule has 0 aromatic heterocycles. The van der Waals surface area contributed by atoms with Crippen molar-refractivity contribution in [1.82, 2.24) is 10.6 Å². The number of nitro benzene ring substituents is 1. The van der Waals surface area contributed by atoms with Crippen LogP contribution < -0.4 is 10.6 Å². The molecule has 0 bridgehead atoms. The Kier molecular flexibility index (Phi) is 6.67. The van der Waals surface area contributed by atoms with Crippen LogP contribution in [0.2, 0.25) is 0 Å². The Hall–Kier alpha value is -2.09. The molecule has 0 fully saturated rings. The number of hydrogen-bond acceptors (Lipinski definition) is 5. The molecule has 0 unspecified atom stereocenters. The lowest BCUT2D eigenvalue weighted by molar-refractivity contribution is -0.385. The number of hydrogen-bond donors (Lipinski definition) is 2. The number of thioether (sulfide) groups is 1. The first-order valence-electron chi connectivity index (χ1n) is 6.37. The van der Waals surface area contributed by atoms with Gasteiger partial charge in [-0.3, -0.25) is 19.7 Å². The Morgan fingerprint density at radius 1 is 1.33 bits per heavy atom. The summed E-state index contributed by atoms with van der Waals surface area (Å²) in [6.07, 6.45) is 2.60. The van der Waals surface area contributed by atoms with Crippen LogP contribution in [0.4, 0.5) is 5.69 Å². The minimum Gasteiger partial charge on any atom is -0.355 e. The Balaban J connectivity index is 2.81. The second kappa shape index (κ2) is 8.25. The van der Waals surface area contributed by atoms with E-state index in [4.69, 9.17) is 0 Å². The molecule has 1 aromatic rings. The molecular formula is C13H17N3O4S. The molecule has 8 heteroatoms. The number of nitrogens with one attached hydrogen (secondary N) is 2. The van der Waals surface area contributed by atoms with Crippen LogP contribution in [0, 0.1) is 10.1 Å². The van der Waals surface area contributed by atoms with Crippen molar-refractivity contribution in [3.8, 4) is 0 Å². The predicted octanol–water partition coefficient (Wildman–Crippen LogP) is 1.57. The number of amides is 2. The summed E-state index contributed by atoms with van der Waals surface area (Å²) in [6.45, 7) is 2.23. The summed E-state index contributed by atoms with van der Waals surface area (Å²) in [7, 11) is 0. The van der Waals surface area contributed by atoms with Crippen LogP contribution in [0.3, 0.4) is 0 Å².